The number of nitrogens with zero attached hydrogens (tertiary/aromatic N) is 1. The normalized spacial score (nSPS) is 11.4. The van der Waals surface area contributed by atoms with Crippen molar-refractivity contribution in [3.63, 3.8) is 0 Å². The standard InChI is InChI=1S/C15H21N3S2/c1-3-18(4-2)12(13(14(16)19)15(17)20)10-11-8-6-5-7-9-11/h5-10,13H,3-4H2,1-2H3,(H2,16,19)(H2,17,20). The van der Waals surface area contributed by atoms with E-state index in [9.17, 15) is 0 Å². The van der Waals surface area contributed by atoms with Crippen LogP contribution >= 0.6 is 24.4 Å². The fourth-order valence-corrected chi connectivity index (χ4v) is 2.67. The maximum Gasteiger partial charge on any atom is 0.0990 e. The van der Waals surface area contributed by atoms with Gasteiger partial charge in [-0.3, -0.25) is 0 Å². The molecule has 0 amide bonds. The number of nitrogens with two attached hydrogens (primary N) is 2. The lowest BCUT2D eigenvalue weighted by Gasteiger charge is -2.30. The molecule has 0 aliphatic rings. The zero-order chi connectivity index (χ0) is 15.1. The maximum atomic E-state index is 5.84. The molecule has 0 aliphatic carbocycles. The van der Waals surface area contributed by atoms with Crippen molar-refractivity contribution in [3.05, 3.63) is 41.6 Å². The van der Waals surface area contributed by atoms with E-state index in [-0.39, 0.29) is 5.92 Å². The number of thiocarbonyl (C=S) groups is 2. The van der Waals surface area contributed by atoms with Crippen LogP contribution in [0.2, 0.25) is 0 Å². The zero-order valence-electron chi connectivity index (χ0n) is 11.9. The summed E-state index contributed by atoms with van der Waals surface area (Å²) in [4.78, 5) is 2.80. The third-order valence-electron chi connectivity index (χ3n) is 3.11. The summed E-state index contributed by atoms with van der Waals surface area (Å²) < 4.78 is 0. The summed E-state index contributed by atoms with van der Waals surface area (Å²) in [6, 6.07) is 10.0. The molecule has 3 nitrogen and oxygen atoms in total. The van der Waals surface area contributed by atoms with Crippen LogP contribution in [0.1, 0.15) is 19.4 Å². The van der Waals surface area contributed by atoms with Crippen LogP contribution in [0.25, 0.3) is 6.08 Å². The average molecular weight is 307 g/mol. The lowest BCUT2D eigenvalue weighted by Crippen LogP contribution is -2.40. The Morgan fingerprint density at radius 2 is 1.60 bits per heavy atom. The van der Waals surface area contributed by atoms with Gasteiger partial charge < -0.3 is 16.4 Å². The molecular formula is C15H21N3S2. The largest absolute Gasteiger partial charge is 0.392 e. The van der Waals surface area contributed by atoms with Crippen molar-refractivity contribution < 1.29 is 0 Å². The number of hydrogen-bond donors (Lipinski definition) is 2. The summed E-state index contributed by atoms with van der Waals surface area (Å²) in [7, 11) is 0. The van der Waals surface area contributed by atoms with Crippen molar-refractivity contribution in [2.24, 2.45) is 17.4 Å². The zero-order valence-corrected chi connectivity index (χ0v) is 13.5. The predicted molar refractivity (Wildman–Crippen MR) is 94.4 cm³/mol. The molecule has 5 heteroatoms. The highest BCUT2D eigenvalue weighted by molar-refractivity contribution is 7.82. The average Bonchev–Trinajstić information content (AvgIpc) is 2.40. The molecule has 0 unspecified atom stereocenters. The smallest absolute Gasteiger partial charge is 0.0990 e. The number of rotatable bonds is 7. The monoisotopic (exact) mass is 307 g/mol. The summed E-state index contributed by atoms with van der Waals surface area (Å²) in [5, 5.41) is 0. The molecule has 0 heterocycles. The van der Waals surface area contributed by atoms with Gasteiger partial charge in [0.05, 0.1) is 15.9 Å². The fraction of sp³-hybridized carbons (Fsp3) is 0.333. The Labute approximate surface area is 131 Å². The van der Waals surface area contributed by atoms with Gasteiger partial charge in [0.25, 0.3) is 0 Å². The molecule has 108 valence electrons. The second kappa shape index (κ2) is 7.97. The van der Waals surface area contributed by atoms with Gasteiger partial charge >= 0.3 is 0 Å². The van der Waals surface area contributed by atoms with E-state index in [1.54, 1.807) is 0 Å². The Hall–Kier alpha value is -1.46. The first-order valence-corrected chi connectivity index (χ1v) is 7.43. The Morgan fingerprint density at radius 1 is 1.10 bits per heavy atom. The first-order valence-electron chi connectivity index (χ1n) is 6.61. The van der Waals surface area contributed by atoms with Crippen LogP contribution in [-0.4, -0.2) is 28.0 Å². The van der Waals surface area contributed by atoms with Crippen molar-refractivity contribution in [1.82, 2.24) is 4.90 Å². The van der Waals surface area contributed by atoms with Crippen LogP contribution in [0.3, 0.4) is 0 Å². The minimum absolute atomic E-state index is 0.312. The van der Waals surface area contributed by atoms with Gasteiger partial charge in [-0.15, -0.1) is 0 Å². The molecule has 1 aromatic rings. The van der Waals surface area contributed by atoms with Gasteiger partial charge in [0.1, 0.15) is 0 Å². The van der Waals surface area contributed by atoms with Gasteiger partial charge in [-0.1, -0.05) is 54.8 Å². The molecule has 0 aliphatic heterocycles. The van der Waals surface area contributed by atoms with E-state index in [1.807, 2.05) is 30.3 Å². The third-order valence-corrected chi connectivity index (χ3v) is 3.58. The van der Waals surface area contributed by atoms with Crippen molar-refractivity contribution in [2.45, 2.75) is 13.8 Å². The Balaban J connectivity index is 3.30. The number of benzene rings is 1. The lowest BCUT2D eigenvalue weighted by atomic mass is 10.0. The van der Waals surface area contributed by atoms with Gasteiger partial charge in [-0.25, -0.2) is 0 Å². The molecule has 1 rings (SSSR count). The SMILES string of the molecule is CCN(CC)C(=Cc1ccccc1)C(C(N)=S)C(N)=S. The molecule has 0 bridgehead atoms. The van der Waals surface area contributed by atoms with E-state index in [4.69, 9.17) is 35.9 Å². The Bertz CT molecular complexity index is 479. The summed E-state index contributed by atoms with van der Waals surface area (Å²) in [6.07, 6.45) is 2.05. The molecule has 20 heavy (non-hydrogen) atoms. The van der Waals surface area contributed by atoms with E-state index in [1.165, 1.54) is 0 Å². The van der Waals surface area contributed by atoms with Gasteiger partial charge in [-0.2, -0.15) is 0 Å². The van der Waals surface area contributed by atoms with Crippen molar-refractivity contribution in [3.8, 4) is 0 Å². The first-order chi connectivity index (χ1) is 9.51. The molecule has 0 saturated carbocycles. The molecule has 0 fully saturated rings. The molecule has 1 aromatic carbocycles. The van der Waals surface area contributed by atoms with Gasteiger partial charge in [0, 0.05) is 18.8 Å². The molecule has 0 atom stereocenters. The minimum Gasteiger partial charge on any atom is -0.392 e. The molecule has 0 aromatic heterocycles. The molecule has 0 spiro atoms. The second-order valence-electron chi connectivity index (χ2n) is 4.39. The predicted octanol–water partition coefficient (Wildman–Crippen LogP) is 2.56. The molecule has 4 N–H and O–H groups in total. The lowest BCUT2D eigenvalue weighted by molar-refractivity contribution is 0.372. The third kappa shape index (κ3) is 4.28. The van der Waals surface area contributed by atoms with Crippen molar-refractivity contribution >= 4 is 40.5 Å². The van der Waals surface area contributed by atoms with E-state index in [0.29, 0.717) is 9.98 Å². The minimum atomic E-state index is -0.375. The summed E-state index contributed by atoms with van der Waals surface area (Å²) in [5.41, 5.74) is 13.7. The highest BCUT2D eigenvalue weighted by Crippen LogP contribution is 2.21. The summed E-state index contributed by atoms with van der Waals surface area (Å²) in [5.74, 6) is -0.375. The van der Waals surface area contributed by atoms with E-state index < -0.39 is 0 Å². The van der Waals surface area contributed by atoms with E-state index in [0.717, 1.165) is 24.4 Å². The summed E-state index contributed by atoms with van der Waals surface area (Å²) >= 11 is 10.3. The topological polar surface area (TPSA) is 55.3 Å². The van der Waals surface area contributed by atoms with Crippen LogP contribution in [0.5, 0.6) is 0 Å². The van der Waals surface area contributed by atoms with Crippen molar-refractivity contribution in [2.75, 3.05) is 13.1 Å². The van der Waals surface area contributed by atoms with Gasteiger partial charge in [0.2, 0.25) is 0 Å². The van der Waals surface area contributed by atoms with E-state index >= 15 is 0 Å². The highest BCUT2D eigenvalue weighted by atomic mass is 32.1. The van der Waals surface area contributed by atoms with Crippen LogP contribution in [-0.2, 0) is 0 Å². The van der Waals surface area contributed by atoms with Gasteiger partial charge in [-0.05, 0) is 25.5 Å². The Kier molecular flexibility index (Phi) is 6.61. The van der Waals surface area contributed by atoms with Crippen LogP contribution in [0.15, 0.2) is 36.0 Å². The molecular weight excluding hydrogens is 286 g/mol. The van der Waals surface area contributed by atoms with Gasteiger partial charge in [0.15, 0.2) is 0 Å². The molecule has 0 saturated heterocycles. The van der Waals surface area contributed by atoms with Crippen LogP contribution in [0, 0.1) is 5.92 Å². The van der Waals surface area contributed by atoms with E-state index in [2.05, 4.69) is 24.8 Å². The second-order valence-corrected chi connectivity index (χ2v) is 5.33. The maximum absolute atomic E-state index is 5.84. The first kappa shape index (κ1) is 16.6. The van der Waals surface area contributed by atoms with Crippen molar-refractivity contribution in [1.29, 1.82) is 0 Å². The Morgan fingerprint density at radius 3 is 2.00 bits per heavy atom. The highest BCUT2D eigenvalue weighted by Gasteiger charge is 2.24. The molecule has 0 radical (unpaired) electrons. The number of hydrogen-bond acceptors (Lipinski definition) is 3. The fourth-order valence-electron chi connectivity index (χ4n) is 2.10. The van der Waals surface area contributed by atoms with Crippen LogP contribution in [0.4, 0.5) is 0 Å². The summed E-state index contributed by atoms with van der Waals surface area (Å²) in [6.45, 7) is 5.85. The van der Waals surface area contributed by atoms with Crippen LogP contribution < -0.4 is 11.5 Å². The quantitative estimate of drug-likeness (QED) is 0.758.